The summed E-state index contributed by atoms with van der Waals surface area (Å²) in [4.78, 5) is 53.0. The first kappa shape index (κ1) is 29.9. The number of nitrogens with one attached hydrogen (secondary N) is 2. The van der Waals surface area contributed by atoms with Crippen molar-refractivity contribution in [1.82, 2.24) is 15.1 Å². The largest absolute Gasteiger partial charge is 0.465 e. The second-order valence-corrected chi connectivity index (χ2v) is 10.2. The molecule has 0 aliphatic carbocycles. The zero-order valence-corrected chi connectivity index (χ0v) is 22.5. The van der Waals surface area contributed by atoms with E-state index in [1.165, 1.54) is 18.0 Å². The third kappa shape index (κ3) is 6.80. The number of carboxylic acid groups (broad SMARTS) is 1. The van der Waals surface area contributed by atoms with E-state index in [4.69, 9.17) is 10.5 Å². The minimum atomic E-state index is -1.31. The van der Waals surface area contributed by atoms with E-state index < -0.39 is 53.4 Å². The van der Waals surface area contributed by atoms with Crippen LogP contribution in [0.1, 0.15) is 24.0 Å². The molecule has 220 valence electrons. The summed E-state index contributed by atoms with van der Waals surface area (Å²) in [7, 11) is 1.25. The van der Waals surface area contributed by atoms with Crippen molar-refractivity contribution in [3.63, 3.8) is 0 Å². The Morgan fingerprint density at radius 3 is 2.49 bits per heavy atom. The molecule has 11 nitrogen and oxygen atoms in total. The van der Waals surface area contributed by atoms with Gasteiger partial charge in [0, 0.05) is 45.5 Å². The van der Waals surface area contributed by atoms with Crippen molar-refractivity contribution in [2.75, 3.05) is 37.9 Å². The number of nitrogen functional groups attached to an aromatic ring is 1. The minimum absolute atomic E-state index is 0.00455. The summed E-state index contributed by atoms with van der Waals surface area (Å²) in [6, 6.07) is 5.27. The van der Waals surface area contributed by atoms with Crippen LogP contribution in [0.5, 0.6) is 0 Å². The van der Waals surface area contributed by atoms with E-state index in [1.54, 1.807) is 18.2 Å². The van der Waals surface area contributed by atoms with Crippen LogP contribution in [-0.2, 0) is 32.1 Å². The molecule has 0 saturated carbocycles. The van der Waals surface area contributed by atoms with Gasteiger partial charge in [0.2, 0.25) is 11.8 Å². The van der Waals surface area contributed by atoms with Crippen LogP contribution in [0, 0.1) is 17.6 Å². The molecule has 0 spiro atoms. The molecule has 2 heterocycles. The number of halogens is 2. The number of carbonyl (C=O) groups is 4. The molecule has 2 aromatic rings. The van der Waals surface area contributed by atoms with E-state index in [-0.39, 0.29) is 25.4 Å². The molecule has 5 N–H and O–H groups in total. The SMILES string of the molecule is CN(C(=O)O)[C@H](C=O)CN[C@H](C(=O)N1Cc2cc(N)ccc2C[C@H]1C(=O)Nc1c(F)cccc1F)C1CCOCC1. The van der Waals surface area contributed by atoms with Gasteiger partial charge in [0.05, 0.1) is 6.04 Å². The van der Waals surface area contributed by atoms with Crippen molar-refractivity contribution < 1.29 is 37.8 Å². The van der Waals surface area contributed by atoms with E-state index in [2.05, 4.69) is 10.6 Å². The van der Waals surface area contributed by atoms with Gasteiger partial charge in [-0.05, 0) is 54.2 Å². The number of hydrogen-bond acceptors (Lipinski definition) is 7. The maximum absolute atomic E-state index is 14.4. The monoisotopic (exact) mass is 573 g/mol. The number of ether oxygens (including phenoxy) is 1. The number of amides is 3. The van der Waals surface area contributed by atoms with E-state index >= 15 is 0 Å². The van der Waals surface area contributed by atoms with Crippen molar-refractivity contribution in [1.29, 1.82) is 0 Å². The summed E-state index contributed by atoms with van der Waals surface area (Å²) in [5.74, 6) is -3.39. The summed E-state index contributed by atoms with van der Waals surface area (Å²) in [6.45, 7) is 0.662. The average Bonchev–Trinajstić information content (AvgIpc) is 2.96. The average molecular weight is 574 g/mol. The number of nitrogens with two attached hydrogens (primary N) is 1. The molecule has 41 heavy (non-hydrogen) atoms. The first-order valence-corrected chi connectivity index (χ1v) is 13.3. The Balaban J connectivity index is 1.66. The maximum atomic E-state index is 14.4. The lowest BCUT2D eigenvalue weighted by molar-refractivity contribution is -0.144. The van der Waals surface area contributed by atoms with Crippen LogP contribution in [0.4, 0.5) is 25.0 Å². The fraction of sp³-hybridized carbons (Fsp3) is 0.429. The van der Waals surface area contributed by atoms with Gasteiger partial charge in [-0.15, -0.1) is 0 Å². The lowest BCUT2D eigenvalue weighted by Gasteiger charge is -2.40. The molecule has 2 aliphatic rings. The van der Waals surface area contributed by atoms with E-state index in [0.717, 1.165) is 28.2 Å². The molecule has 1 fully saturated rings. The summed E-state index contributed by atoms with van der Waals surface area (Å²) < 4.78 is 34.2. The maximum Gasteiger partial charge on any atom is 0.407 e. The van der Waals surface area contributed by atoms with Gasteiger partial charge in [0.15, 0.2) is 0 Å². The van der Waals surface area contributed by atoms with Crippen molar-refractivity contribution >= 4 is 35.6 Å². The van der Waals surface area contributed by atoms with Crippen molar-refractivity contribution in [2.45, 2.75) is 43.9 Å². The summed E-state index contributed by atoms with van der Waals surface area (Å²) in [6.07, 6.45) is 0.269. The minimum Gasteiger partial charge on any atom is -0.465 e. The lowest BCUT2D eigenvalue weighted by Crippen LogP contribution is -2.59. The Kier molecular flexibility index (Phi) is 9.50. The number of rotatable bonds is 9. The van der Waals surface area contributed by atoms with Crippen molar-refractivity contribution in [2.24, 2.45) is 5.92 Å². The van der Waals surface area contributed by atoms with Crippen LogP contribution in [0.3, 0.4) is 0 Å². The molecule has 0 radical (unpaired) electrons. The van der Waals surface area contributed by atoms with E-state index in [1.807, 2.05) is 0 Å². The second kappa shape index (κ2) is 13.0. The van der Waals surface area contributed by atoms with Gasteiger partial charge >= 0.3 is 6.09 Å². The molecule has 3 amide bonds. The van der Waals surface area contributed by atoms with Gasteiger partial charge in [-0.3, -0.25) is 9.59 Å². The highest BCUT2D eigenvalue weighted by Crippen LogP contribution is 2.30. The Morgan fingerprint density at radius 2 is 1.85 bits per heavy atom. The standard InChI is InChI=1S/C28H33F2N5O6/c1-34(28(39)40)20(15-36)13-32-24(16-7-9-41-10-8-16)27(38)35-14-18-11-19(31)6-5-17(18)12-23(35)26(37)33-25-21(29)3-2-4-22(25)30/h2-6,11,15-16,20,23-24,32H,7-10,12-14,31H2,1H3,(H,33,37)(H,39,40)/t20-,23-,24-/m0/s1. The third-order valence-electron chi connectivity index (χ3n) is 7.66. The number of para-hydroxylation sites is 1. The molecule has 0 bridgehead atoms. The van der Waals surface area contributed by atoms with Gasteiger partial charge in [-0.2, -0.15) is 0 Å². The van der Waals surface area contributed by atoms with Crippen molar-refractivity contribution in [3.05, 3.63) is 59.2 Å². The Hall–Kier alpha value is -4.10. The molecular weight excluding hydrogens is 540 g/mol. The quantitative estimate of drug-likeness (QED) is 0.262. The smallest absolute Gasteiger partial charge is 0.407 e. The molecular formula is C28H33F2N5O6. The van der Waals surface area contributed by atoms with Crippen LogP contribution in [-0.4, -0.2) is 84.0 Å². The first-order chi connectivity index (χ1) is 19.6. The molecule has 13 heteroatoms. The Bertz CT molecular complexity index is 1280. The van der Waals surface area contributed by atoms with E-state index in [0.29, 0.717) is 38.0 Å². The number of aldehydes is 1. The first-order valence-electron chi connectivity index (χ1n) is 13.3. The van der Waals surface area contributed by atoms with Gasteiger partial charge < -0.3 is 40.8 Å². The highest BCUT2D eigenvalue weighted by molar-refractivity contribution is 5.98. The van der Waals surface area contributed by atoms with Crippen LogP contribution in [0.2, 0.25) is 0 Å². The fourth-order valence-electron chi connectivity index (χ4n) is 5.24. The molecule has 2 aromatic carbocycles. The highest BCUT2D eigenvalue weighted by Gasteiger charge is 2.41. The van der Waals surface area contributed by atoms with Gasteiger partial charge in [0.1, 0.15) is 35.7 Å². The zero-order chi connectivity index (χ0) is 29.7. The molecule has 4 rings (SSSR count). The van der Waals surface area contributed by atoms with Crippen LogP contribution in [0.25, 0.3) is 0 Å². The third-order valence-corrected chi connectivity index (χ3v) is 7.66. The van der Waals surface area contributed by atoms with E-state index in [9.17, 15) is 33.1 Å². The predicted octanol–water partition coefficient (Wildman–Crippen LogP) is 2.00. The second-order valence-electron chi connectivity index (χ2n) is 10.2. The summed E-state index contributed by atoms with van der Waals surface area (Å²) in [5, 5.41) is 14.7. The number of anilines is 2. The molecule has 1 saturated heterocycles. The molecule has 3 atom stereocenters. The number of nitrogens with zero attached hydrogens (tertiary/aromatic N) is 2. The van der Waals surface area contributed by atoms with Crippen molar-refractivity contribution in [3.8, 4) is 0 Å². The van der Waals surface area contributed by atoms with Gasteiger partial charge in [0.25, 0.3) is 0 Å². The number of fused-ring (bicyclic) bond motifs is 1. The van der Waals surface area contributed by atoms with Gasteiger partial charge in [-0.1, -0.05) is 12.1 Å². The molecule has 0 aromatic heterocycles. The van der Waals surface area contributed by atoms with Crippen LogP contribution >= 0.6 is 0 Å². The highest BCUT2D eigenvalue weighted by atomic mass is 19.1. The Morgan fingerprint density at radius 1 is 1.17 bits per heavy atom. The molecule has 2 aliphatic heterocycles. The number of hydrogen-bond donors (Lipinski definition) is 4. The summed E-state index contributed by atoms with van der Waals surface area (Å²) >= 11 is 0. The van der Waals surface area contributed by atoms with Crippen LogP contribution in [0.15, 0.2) is 36.4 Å². The summed E-state index contributed by atoms with van der Waals surface area (Å²) in [5.41, 5.74) is 7.32. The zero-order valence-electron chi connectivity index (χ0n) is 22.5. The van der Waals surface area contributed by atoms with Crippen LogP contribution < -0.4 is 16.4 Å². The molecule has 0 unspecified atom stereocenters. The number of carbonyl (C=O) groups excluding carboxylic acids is 3. The topological polar surface area (TPSA) is 154 Å². The number of benzene rings is 2. The number of likely N-dealkylation sites (N-methyl/N-ethyl adjacent to an activating group) is 1. The Labute approximate surface area is 235 Å². The van der Waals surface area contributed by atoms with Gasteiger partial charge in [-0.25, -0.2) is 13.6 Å². The fourth-order valence-corrected chi connectivity index (χ4v) is 5.24. The predicted molar refractivity (Wildman–Crippen MR) is 145 cm³/mol. The normalized spacial score (nSPS) is 18.6. The lowest BCUT2D eigenvalue weighted by atomic mass is 9.87.